The first-order chi connectivity index (χ1) is 13.4. The van der Waals surface area contributed by atoms with Gasteiger partial charge < -0.3 is 19.7 Å². The molecule has 8 nitrogen and oxygen atoms in total. The van der Waals surface area contributed by atoms with Gasteiger partial charge in [0.05, 0.1) is 29.5 Å². The standard InChI is InChI=1S/C19H20ClN3O5/c1-13-10-15(3-4-16(13)20)28-12-19(24)21-17-5-2-14(23(25)26)11-18(17)22-6-8-27-9-7-22/h2-5,10-11H,6-9,12H2,1H3,(H,21,24). The number of non-ortho nitro benzene ring substituents is 1. The van der Waals surface area contributed by atoms with Crippen molar-refractivity contribution in [3.05, 3.63) is 57.1 Å². The molecule has 0 saturated carbocycles. The van der Waals surface area contributed by atoms with Crippen LogP contribution >= 0.6 is 11.6 Å². The highest BCUT2D eigenvalue weighted by atomic mass is 35.5. The monoisotopic (exact) mass is 405 g/mol. The number of morpholine rings is 1. The van der Waals surface area contributed by atoms with Gasteiger partial charge in [-0.05, 0) is 36.8 Å². The molecule has 1 heterocycles. The molecule has 0 bridgehead atoms. The third-order valence-electron chi connectivity index (χ3n) is 4.32. The van der Waals surface area contributed by atoms with Gasteiger partial charge in [0.1, 0.15) is 5.75 Å². The minimum absolute atomic E-state index is 0.0348. The summed E-state index contributed by atoms with van der Waals surface area (Å²) in [4.78, 5) is 25.0. The number of nitrogens with one attached hydrogen (secondary N) is 1. The molecule has 1 N–H and O–H groups in total. The lowest BCUT2D eigenvalue weighted by atomic mass is 10.2. The molecule has 0 unspecified atom stereocenters. The van der Waals surface area contributed by atoms with Crippen molar-refractivity contribution in [2.75, 3.05) is 43.1 Å². The molecule has 9 heteroatoms. The number of nitro groups is 1. The van der Waals surface area contributed by atoms with Gasteiger partial charge in [0.25, 0.3) is 11.6 Å². The van der Waals surface area contributed by atoms with Crippen molar-refractivity contribution in [2.24, 2.45) is 0 Å². The van der Waals surface area contributed by atoms with Gasteiger partial charge in [-0.1, -0.05) is 11.6 Å². The smallest absolute Gasteiger partial charge is 0.271 e. The van der Waals surface area contributed by atoms with Crippen molar-refractivity contribution in [3.8, 4) is 5.75 Å². The van der Waals surface area contributed by atoms with E-state index in [4.69, 9.17) is 21.1 Å². The number of hydrogen-bond acceptors (Lipinski definition) is 6. The van der Waals surface area contributed by atoms with Crippen molar-refractivity contribution >= 4 is 34.6 Å². The second-order valence-corrected chi connectivity index (χ2v) is 6.71. The van der Waals surface area contributed by atoms with Crippen molar-refractivity contribution < 1.29 is 19.2 Å². The predicted octanol–water partition coefficient (Wildman–Crippen LogP) is 3.41. The Labute approximate surface area is 167 Å². The Bertz CT molecular complexity index is 884. The van der Waals surface area contributed by atoms with Crippen LogP contribution < -0.4 is 15.0 Å². The summed E-state index contributed by atoms with van der Waals surface area (Å²) in [6, 6.07) is 9.51. The van der Waals surface area contributed by atoms with Crippen LogP contribution in [0.1, 0.15) is 5.56 Å². The van der Waals surface area contributed by atoms with E-state index < -0.39 is 4.92 Å². The molecule has 2 aromatic rings. The van der Waals surface area contributed by atoms with E-state index in [-0.39, 0.29) is 18.2 Å². The summed E-state index contributed by atoms with van der Waals surface area (Å²) in [5, 5.41) is 14.5. The first kappa shape index (κ1) is 19.9. The van der Waals surface area contributed by atoms with Crippen LogP contribution in [0.25, 0.3) is 0 Å². The van der Waals surface area contributed by atoms with E-state index in [1.165, 1.54) is 18.2 Å². The number of anilines is 2. The number of halogens is 1. The van der Waals surface area contributed by atoms with Gasteiger partial charge in [-0.3, -0.25) is 14.9 Å². The quantitative estimate of drug-likeness (QED) is 0.584. The second kappa shape index (κ2) is 8.90. The van der Waals surface area contributed by atoms with E-state index in [2.05, 4.69) is 5.32 Å². The highest BCUT2D eigenvalue weighted by molar-refractivity contribution is 6.31. The van der Waals surface area contributed by atoms with Gasteiger partial charge in [0.2, 0.25) is 0 Å². The van der Waals surface area contributed by atoms with Crippen molar-refractivity contribution in [1.29, 1.82) is 0 Å². The Balaban J connectivity index is 1.71. The predicted molar refractivity (Wildman–Crippen MR) is 106 cm³/mol. The van der Waals surface area contributed by atoms with E-state index in [0.29, 0.717) is 48.5 Å². The molecule has 1 aliphatic heterocycles. The summed E-state index contributed by atoms with van der Waals surface area (Å²) in [5.74, 6) is 0.171. The fourth-order valence-corrected chi connectivity index (χ4v) is 2.96. The Kier molecular flexibility index (Phi) is 6.33. The molecule has 0 aromatic heterocycles. The Hall–Kier alpha value is -2.84. The highest BCUT2D eigenvalue weighted by Crippen LogP contribution is 2.31. The Morgan fingerprint density at radius 2 is 2.04 bits per heavy atom. The third kappa shape index (κ3) is 4.90. The minimum Gasteiger partial charge on any atom is -0.484 e. The molecule has 2 aromatic carbocycles. The molecule has 0 spiro atoms. The number of aryl methyl sites for hydroxylation is 1. The van der Waals surface area contributed by atoms with Crippen LogP contribution in [0.4, 0.5) is 17.1 Å². The molecule has 28 heavy (non-hydrogen) atoms. The zero-order chi connectivity index (χ0) is 20.1. The maximum atomic E-state index is 12.4. The lowest BCUT2D eigenvalue weighted by Crippen LogP contribution is -2.37. The Morgan fingerprint density at radius 1 is 1.29 bits per heavy atom. The molecule has 0 radical (unpaired) electrons. The summed E-state index contributed by atoms with van der Waals surface area (Å²) in [6.45, 7) is 3.88. The fraction of sp³-hybridized carbons (Fsp3) is 0.316. The number of nitro benzene ring substituents is 1. The molecule has 1 fully saturated rings. The number of benzene rings is 2. The van der Waals surface area contributed by atoms with Crippen LogP contribution in [0.5, 0.6) is 5.75 Å². The molecule has 0 atom stereocenters. The molecular formula is C19H20ClN3O5. The second-order valence-electron chi connectivity index (χ2n) is 6.31. The average molecular weight is 406 g/mol. The summed E-state index contributed by atoms with van der Waals surface area (Å²) >= 11 is 5.98. The number of rotatable bonds is 6. The summed E-state index contributed by atoms with van der Waals surface area (Å²) in [6.07, 6.45) is 0. The van der Waals surface area contributed by atoms with E-state index in [1.54, 1.807) is 18.2 Å². The number of ether oxygens (including phenoxy) is 2. The molecule has 1 aliphatic rings. The van der Waals surface area contributed by atoms with Crippen LogP contribution in [-0.2, 0) is 9.53 Å². The molecule has 1 amide bonds. The van der Waals surface area contributed by atoms with Crippen LogP contribution in [0, 0.1) is 17.0 Å². The topological polar surface area (TPSA) is 93.9 Å². The minimum atomic E-state index is -0.457. The van der Waals surface area contributed by atoms with E-state index >= 15 is 0 Å². The first-order valence-electron chi connectivity index (χ1n) is 8.74. The van der Waals surface area contributed by atoms with Crippen molar-refractivity contribution in [2.45, 2.75) is 6.92 Å². The normalized spacial score (nSPS) is 13.9. The Morgan fingerprint density at radius 3 is 2.71 bits per heavy atom. The maximum Gasteiger partial charge on any atom is 0.271 e. The first-order valence-corrected chi connectivity index (χ1v) is 9.12. The van der Waals surface area contributed by atoms with Crippen molar-refractivity contribution in [1.82, 2.24) is 0 Å². The number of hydrogen-bond donors (Lipinski definition) is 1. The maximum absolute atomic E-state index is 12.4. The SMILES string of the molecule is Cc1cc(OCC(=O)Nc2ccc([N+](=O)[O-])cc2N2CCOCC2)ccc1Cl. The van der Waals surface area contributed by atoms with Crippen LogP contribution in [0.3, 0.4) is 0 Å². The fourth-order valence-electron chi connectivity index (χ4n) is 2.85. The van der Waals surface area contributed by atoms with E-state index in [0.717, 1.165) is 5.56 Å². The number of carbonyl (C=O) groups is 1. The number of amides is 1. The zero-order valence-electron chi connectivity index (χ0n) is 15.3. The van der Waals surface area contributed by atoms with Crippen LogP contribution in [0.2, 0.25) is 5.02 Å². The van der Waals surface area contributed by atoms with Gasteiger partial charge in [-0.2, -0.15) is 0 Å². The lowest BCUT2D eigenvalue weighted by Gasteiger charge is -2.30. The average Bonchev–Trinajstić information content (AvgIpc) is 2.69. The van der Waals surface area contributed by atoms with Crippen LogP contribution in [0.15, 0.2) is 36.4 Å². The van der Waals surface area contributed by atoms with E-state index in [9.17, 15) is 14.9 Å². The largest absolute Gasteiger partial charge is 0.484 e. The van der Waals surface area contributed by atoms with Gasteiger partial charge in [0, 0.05) is 30.2 Å². The molecule has 1 saturated heterocycles. The van der Waals surface area contributed by atoms with E-state index in [1.807, 2.05) is 11.8 Å². The summed E-state index contributed by atoms with van der Waals surface area (Å²) in [5.41, 5.74) is 1.90. The lowest BCUT2D eigenvalue weighted by molar-refractivity contribution is -0.384. The third-order valence-corrected chi connectivity index (χ3v) is 4.74. The van der Waals surface area contributed by atoms with Crippen LogP contribution in [-0.4, -0.2) is 43.7 Å². The van der Waals surface area contributed by atoms with Gasteiger partial charge in [0.15, 0.2) is 6.61 Å². The summed E-state index contributed by atoms with van der Waals surface area (Å²) in [7, 11) is 0. The molecular weight excluding hydrogens is 386 g/mol. The van der Waals surface area contributed by atoms with Crippen molar-refractivity contribution in [3.63, 3.8) is 0 Å². The van der Waals surface area contributed by atoms with Gasteiger partial charge in [-0.25, -0.2) is 0 Å². The molecule has 0 aliphatic carbocycles. The summed E-state index contributed by atoms with van der Waals surface area (Å²) < 4.78 is 10.8. The number of carbonyl (C=O) groups excluding carboxylic acids is 1. The molecule has 3 rings (SSSR count). The number of nitrogens with zero attached hydrogens (tertiary/aromatic N) is 2. The highest BCUT2D eigenvalue weighted by Gasteiger charge is 2.20. The zero-order valence-corrected chi connectivity index (χ0v) is 16.1. The van der Waals surface area contributed by atoms with Gasteiger partial charge >= 0.3 is 0 Å². The van der Waals surface area contributed by atoms with Gasteiger partial charge in [-0.15, -0.1) is 0 Å². The molecule has 148 valence electrons.